The summed E-state index contributed by atoms with van der Waals surface area (Å²) in [7, 11) is 6.50. The van der Waals surface area contributed by atoms with Crippen molar-refractivity contribution in [2.75, 3.05) is 28.4 Å². The lowest BCUT2D eigenvalue weighted by atomic mass is 10.0. The molecule has 0 amide bonds. The van der Waals surface area contributed by atoms with Crippen LogP contribution >= 0.6 is 0 Å². The highest BCUT2D eigenvalue weighted by molar-refractivity contribution is 5.47. The second kappa shape index (κ2) is 6.38. The lowest BCUT2D eigenvalue weighted by molar-refractivity contribution is 0.350. The first-order chi connectivity index (χ1) is 11.2. The maximum atomic E-state index is 5.84. The van der Waals surface area contributed by atoms with E-state index in [0.717, 1.165) is 11.1 Å². The summed E-state index contributed by atoms with van der Waals surface area (Å²) in [5, 5.41) is 0. The third kappa shape index (κ3) is 2.92. The Bertz CT molecular complexity index is 638. The summed E-state index contributed by atoms with van der Waals surface area (Å²) in [5.41, 5.74) is 2.12. The summed E-state index contributed by atoms with van der Waals surface area (Å²) >= 11 is 0. The molecule has 0 spiro atoms. The van der Waals surface area contributed by atoms with Crippen molar-refractivity contribution in [1.82, 2.24) is 0 Å². The van der Waals surface area contributed by atoms with Crippen LogP contribution in [-0.4, -0.2) is 28.4 Å². The molecular formula is C18H20O5. The van der Waals surface area contributed by atoms with Crippen LogP contribution in [0.5, 0.6) is 23.0 Å². The number of methoxy groups -OCH3 is 4. The van der Waals surface area contributed by atoms with Crippen molar-refractivity contribution >= 4 is 0 Å². The fraction of sp³-hybridized carbons (Fsp3) is 0.333. The number of benzene rings is 2. The van der Waals surface area contributed by atoms with Gasteiger partial charge in [-0.3, -0.25) is 0 Å². The largest absolute Gasteiger partial charge is 0.493 e. The van der Waals surface area contributed by atoms with Gasteiger partial charge in [0.05, 0.1) is 28.4 Å². The average Bonchev–Trinajstić information content (AvgIpc) is 3.41. The summed E-state index contributed by atoms with van der Waals surface area (Å²) in [6.07, 6.45) is 0.0146. The molecule has 0 aromatic heterocycles. The highest BCUT2D eigenvalue weighted by atomic mass is 16.6. The fourth-order valence-electron chi connectivity index (χ4n) is 2.68. The number of ether oxygens (including phenoxy) is 5. The van der Waals surface area contributed by atoms with Gasteiger partial charge >= 0.3 is 0 Å². The van der Waals surface area contributed by atoms with E-state index in [1.54, 1.807) is 28.4 Å². The molecule has 23 heavy (non-hydrogen) atoms. The van der Waals surface area contributed by atoms with Crippen LogP contribution in [0.15, 0.2) is 36.4 Å². The standard InChI is InChI=1S/C18H20O5/c1-19-13-7-5-11(9-15(13)21-3)17-18(23-17)12-6-8-14(20-2)16(10-12)22-4/h5-10,17-18H,1-4H3. The molecule has 2 aromatic carbocycles. The summed E-state index contributed by atoms with van der Waals surface area (Å²) in [6.45, 7) is 0. The van der Waals surface area contributed by atoms with Gasteiger partial charge in [-0.2, -0.15) is 0 Å². The Balaban J connectivity index is 1.82. The second-order valence-electron chi connectivity index (χ2n) is 5.21. The van der Waals surface area contributed by atoms with Crippen molar-refractivity contribution in [2.24, 2.45) is 0 Å². The molecule has 1 heterocycles. The van der Waals surface area contributed by atoms with Gasteiger partial charge in [0.25, 0.3) is 0 Å². The molecule has 5 nitrogen and oxygen atoms in total. The predicted octanol–water partition coefficient (Wildman–Crippen LogP) is 3.53. The zero-order valence-corrected chi connectivity index (χ0v) is 13.7. The second-order valence-corrected chi connectivity index (χ2v) is 5.21. The zero-order valence-electron chi connectivity index (χ0n) is 13.7. The highest BCUT2D eigenvalue weighted by Gasteiger charge is 2.42. The molecule has 2 aromatic rings. The van der Waals surface area contributed by atoms with Crippen LogP contribution in [0.1, 0.15) is 23.3 Å². The van der Waals surface area contributed by atoms with E-state index >= 15 is 0 Å². The Labute approximate surface area is 135 Å². The molecule has 0 saturated carbocycles. The molecule has 0 aliphatic carbocycles. The van der Waals surface area contributed by atoms with E-state index in [4.69, 9.17) is 23.7 Å². The number of rotatable bonds is 6. The number of epoxide rings is 1. The van der Waals surface area contributed by atoms with Gasteiger partial charge in [-0.05, 0) is 35.4 Å². The molecule has 122 valence electrons. The fourth-order valence-corrected chi connectivity index (χ4v) is 2.68. The molecule has 0 bridgehead atoms. The van der Waals surface area contributed by atoms with Crippen LogP contribution in [0.3, 0.4) is 0 Å². The molecule has 2 atom stereocenters. The Kier molecular flexibility index (Phi) is 4.30. The van der Waals surface area contributed by atoms with E-state index in [2.05, 4.69) is 0 Å². The van der Waals surface area contributed by atoms with E-state index in [9.17, 15) is 0 Å². The van der Waals surface area contributed by atoms with E-state index < -0.39 is 0 Å². The van der Waals surface area contributed by atoms with Gasteiger partial charge in [-0.25, -0.2) is 0 Å². The SMILES string of the molecule is COc1ccc(C2OC2c2ccc(OC)c(OC)c2)cc1OC. The average molecular weight is 316 g/mol. The first-order valence-corrected chi connectivity index (χ1v) is 7.31. The van der Waals surface area contributed by atoms with Crippen LogP contribution in [0, 0.1) is 0 Å². The maximum Gasteiger partial charge on any atom is 0.161 e. The first kappa shape index (κ1) is 15.5. The zero-order chi connectivity index (χ0) is 16.4. The Hall–Kier alpha value is -2.40. The van der Waals surface area contributed by atoms with Crippen LogP contribution < -0.4 is 18.9 Å². The van der Waals surface area contributed by atoms with Crippen molar-refractivity contribution < 1.29 is 23.7 Å². The van der Waals surface area contributed by atoms with Crippen LogP contribution in [0.25, 0.3) is 0 Å². The Morgan fingerprint density at radius 3 is 1.35 bits per heavy atom. The van der Waals surface area contributed by atoms with Gasteiger partial charge in [0, 0.05) is 0 Å². The third-order valence-corrected chi connectivity index (χ3v) is 3.96. The van der Waals surface area contributed by atoms with E-state index in [1.165, 1.54) is 0 Å². The predicted molar refractivity (Wildman–Crippen MR) is 85.7 cm³/mol. The Morgan fingerprint density at radius 1 is 0.609 bits per heavy atom. The molecular weight excluding hydrogens is 296 g/mol. The molecule has 1 fully saturated rings. The number of hydrogen-bond acceptors (Lipinski definition) is 5. The minimum absolute atomic E-state index is 0.00732. The van der Waals surface area contributed by atoms with E-state index in [0.29, 0.717) is 23.0 Å². The molecule has 1 saturated heterocycles. The quantitative estimate of drug-likeness (QED) is 0.763. The number of hydrogen-bond donors (Lipinski definition) is 0. The molecule has 0 radical (unpaired) electrons. The van der Waals surface area contributed by atoms with Crippen LogP contribution in [0.4, 0.5) is 0 Å². The van der Waals surface area contributed by atoms with Crippen LogP contribution in [0.2, 0.25) is 0 Å². The van der Waals surface area contributed by atoms with Crippen molar-refractivity contribution in [3.8, 4) is 23.0 Å². The van der Waals surface area contributed by atoms with Crippen molar-refractivity contribution in [3.05, 3.63) is 47.5 Å². The van der Waals surface area contributed by atoms with Crippen molar-refractivity contribution in [2.45, 2.75) is 12.2 Å². The van der Waals surface area contributed by atoms with Gasteiger partial charge in [0.15, 0.2) is 23.0 Å². The van der Waals surface area contributed by atoms with Gasteiger partial charge in [-0.15, -0.1) is 0 Å². The molecule has 5 heteroatoms. The smallest absolute Gasteiger partial charge is 0.161 e. The van der Waals surface area contributed by atoms with E-state index in [1.807, 2.05) is 36.4 Å². The Morgan fingerprint density at radius 2 is 1.00 bits per heavy atom. The minimum Gasteiger partial charge on any atom is -0.493 e. The van der Waals surface area contributed by atoms with Crippen molar-refractivity contribution in [3.63, 3.8) is 0 Å². The summed E-state index contributed by atoms with van der Waals surface area (Å²) in [5.74, 6) is 2.82. The van der Waals surface area contributed by atoms with Gasteiger partial charge in [0.2, 0.25) is 0 Å². The lowest BCUT2D eigenvalue weighted by Crippen LogP contribution is -1.94. The van der Waals surface area contributed by atoms with Gasteiger partial charge in [0.1, 0.15) is 12.2 Å². The normalized spacial score (nSPS) is 19.1. The van der Waals surface area contributed by atoms with Crippen molar-refractivity contribution in [1.29, 1.82) is 0 Å². The lowest BCUT2D eigenvalue weighted by Gasteiger charge is -2.09. The molecule has 1 aliphatic heterocycles. The van der Waals surface area contributed by atoms with E-state index in [-0.39, 0.29) is 12.2 Å². The summed E-state index contributed by atoms with van der Waals surface area (Å²) in [4.78, 5) is 0. The monoisotopic (exact) mass is 316 g/mol. The third-order valence-electron chi connectivity index (χ3n) is 3.96. The minimum atomic E-state index is 0.00732. The summed E-state index contributed by atoms with van der Waals surface area (Å²) < 4.78 is 27.1. The highest BCUT2D eigenvalue weighted by Crippen LogP contribution is 2.53. The molecule has 2 unspecified atom stereocenters. The first-order valence-electron chi connectivity index (χ1n) is 7.31. The molecule has 3 rings (SSSR count). The molecule has 1 aliphatic rings. The maximum absolute atomic E-state index is 5.84. The molecule has 0 N–H and O–H groups in total. The topological polar surface area (TPSA) is 49.5 Å². The summed E-state index contributed by atoms with van der Waals surface area (Å²) in [6, 6.07) is 11.7. The van der Waals surface area contributed by atoms with Gasteiger partial charge in [-0.1, -0.05) is 12.1 Å². The van der Waals surface area contributed by atoms with Crippen LogP contribution in [-0.2, 0) is 4.74 Å². The van der Waals surface area contributed by atoms with Gasteiger partial charge < -0.3 is 23.7 Å².